The number of alkyl halides is 1. The normalized spacial score (nSPS) is 14.7. The van der Waals surface area contributed by atoms with Gasteiger partial charge in [0.1, 0.15) is 6.04 Å². The van der Waals surface area contributed by atoms with Crippen LogP contribution in [0.15, 0.2) is 0 Å². The lowest BCUT2D eigenvalue weighted by molar-refractivity contribution is -0.143. The first kappa shape index (κ1) is 12.8. The second kappa shape index (κ2) is 6.31. The molecule has 0 aliphatic rings. The third-order valence-corrected chi connectivity index (χ3v) is 1.89. The van der Waals surface area contributed by atoms with Gasteiger partial charge >= 0.3 is 11.9 Å². The number of hydrogen-bond acceptors (Lipinski definition) is 3. The molecule has 0 aliphatic carbocycles. The van der Waals surface area contributed by atoms with Gasteiger partial charge in [0.05, 0.1) is 12.6 Å². The fourth-order valence-electron chi connectivity index (χ4n) is 1.07. The van der Waals surface area contributed by atoms with E-state index < -0.39 is 30.6 Å². The quantitative estimate of drug-likeness (QED) is 0.555. The number of nitrogens with two attached hydrogens (primary N) is 1. The summed E-state index contributed by atoms with van der Waals surface area (Å²) >= 11 is 0. The van der Waals surface area contributed by atoms with Crippen LogP contribution < -0.4 is 5.73 Å². The van der Waals surface area contributed by atoms with Crippen molar-refractivity contribution < 1.29 is 24.2 Å². The number of aliphatic carboxylic acids is 2. The van der Waals surface area contributed by atoms with Crippen LogP contribution in [0.5, 0.6) is 0 Å². The Morgan fingerprint density at radius 2 is 1.86 bits per heavy atom. The molecule has 0 heterocycles. The summed E-state index contributed by atoms with van der Waals surface area (Å²) in [4.78, 5) is 20.9. The maximum atomic E-state index is 11.8. The molecule has 0 amide bonds. The highest BCUT2D eigenvalue weighted by Gasteiger charge is 2.23. The van der Waals surface area contributed by atoms with Crippen molar-refractivity contribution in [3.8, 4) is 0 Å². The number of hydrogen-bond donors (Lipinski definition) is 3. The molecular formula is C8H14FNO4. The van der Waals surface area contributed by atoms with Gasteiger partial charge in [-0.15, -0.1) is 0 Å². The van der Waals surface area contributed by atoms with Crippen molar-refractivity contribution in [3.63, 3.8) is 0 Å². The summed E-state index contributed by atoms with van der Waals surface area (Å²) in [5.74, 6) is -3.25. The van der Waals surface area contributed by atoms with Crippen molar-refractivity contribution in [2.45, 2.75) is 25.3 Å². The summed E-state index contributed by atoms with van der Waals surface area (Å²) < 4.78 is 11.8. The Morgan fingerprint density at radius 3 is 2.21 bits per heavy atom. The van der Waals surface area contributed by atoms with Crippen LogP contribution in [0.1, 0.15) is 19.3 Å². The number of carboxylic acid groups (broad SMARTS) is 2. The second-order valence-corrected chi connectivity index (χ2v) is 3.05. The molecule has 6 heteroatoms. The number of carbonyl (C=O) groups is 2. The van der Waals surface area contributed by atoms with E-state index in [0.29, 0.717) is 0 Å². The van der Waals surface area contributed by atoms with E-state index in [0.717, 1.165) is 0 Å². The van der Waals surface area contributed by atoms with E-state index in [9.17, 15) is 14.0 Å². The van der Waals surface area contributed by atoms with E-state index in [1.165, 1.54) is 0 Å². The smallest absolute Gasteiger partial charge is 0.320 e. The predicted octanol–water partition coefficient (Wildman–Crippen LogP) is 0.239. The lowest BCUT2D eigenvalue weighted by Gasteiger charge is -2.13. The van der Waals surface area contributed by atoms with Crippen LogP contribution >= 0.6 is 0 Å². The number of carboxylic acids is 2. The molecule has 5 nitrogen and oxygen atoms in total. The average Bonchev–Trinajstić information content (AvgIpc) is 2.10. The van der Waals surface area contributed by atoms with E-state index in [1.807, 2.05) is 0 Å². The largest absolute Gasteiger partial charge is 0.481 e. The zero-order valence-electron chi connectivity index (χ0n) is 7.65. The average molecular weight is 207 g/mol. The topological polar surface area (TPSA) is 101 Å². The Bertz CT molecular complexity index is 210. The van der Waals surface area contributed by atoms with E-state index in [2.05, 4.69) is 0 Å². The fourth-order valence-corrected chi connectivity index (χ4v) is 1.07. The molecule has 0 bridgehead atoms. The van der Waals surface area contributed by atoms with Crippen molar-refractivity contribution in [2.75, 3.05) is 6.67 Å². The minimum atomic E-state index is -1.24. The van der Waals surface area contributed by atoms with Gasteiger partial charge in [0.15, 0.2) is 0 Å². The van der Waals surface area contributed by atoms with Crippen molar-refractivity contribution in [1.29, 1.82) is 0 Å². The molecule has 0 spiro atoms. The molecular weight excluding hydrogens is 193 g/mol. The van der Waals surface area contributed by atoms with E-state index in [-0.39, 0.29) is 19.3 Å². The first-order valence-corrected chi connectivity index (χ1v) is 4.26. The Kier molecular flexibility index (Phi) is 5.78. The molecule has 4 N–H and O–H groups in total. The molecule has 0 radical (unpaired) electrons. The molecule has 82 valence electrons. The molecule has 0 fully saturated rings. The molecule has 0 aromatic heterocycles. The van der Waals surface area contributed by atoms with Gasteiger partial charge in [0.25, 0.3) is 0 Å². The Hall–Kier alpha value is -1.17. The Labute approximate surface area is 80.7 Å². The van der Waals surface area contributed by atoms with Crippen molar-refractivity contribution >= 4 is 11.9 Å². The van der Waals surface area contributed by atoms with Crippen LogP contribution in [0.4, 0.5) is 4.39 Å². The van der Waals surface area contributed by atoms with Gasteiger partial charge in [-0.25, -0.2) is 0 Å². The van der Waals surface area contributed by atoms with Gasteiger partial charge < -0.3 is 15.9 Å². The first-order valence-electron chi connectivity index (χ1n) is 4.26. The molecule has 0 aromatic rings. The van der Waals surface area contributed by atoms with E-state index in [4.69, 9.17) is 15.9 Å². The minimum absolute atomic E-state index is 0.114. The third kappa shape index (κ3) is 4.76. The maximum Gasteiger partial charge on any atom is 0.320 e. The summed E-state index contributed by atoms with van der Waals surface area (Å²) in [6.45, 7) is -0.605. The van der Waals surface area contributed by atoms with Gasteiger partial charge in [0, 0.05) is 0 Å². The standard InChI is InChI=1S/C8H14FNO4/c9-3-1-2-5(7(11)12)4-6(10)8(13)14/h5-6H,1-4,10H2,(H,11,12)(H,13,14)/t5-,6+/m1/s1. The zero-order chi connectivity index (χ0) is 11.1. The molecule has 0 rings (SSSR count). The highest BCUT2D eigenvalue weighted by atomic mass is 19.1. The third-order valence-electron chi connectivity index (χ3n) is 1.89. The van der Waals surface area contributed by atoms with Crippen LogP contribution in [-0.4, -0.2) is 34.9 Å². The van der Waals surface area contributed by atoms with Crippen LogP contribution in [0, 0.1) is 5.92 Å². The summed E-state index contributed by atoms with van der Waals surface area (Å²) in [6, 6.07) is -1.20. The first-order chi connectivity index (χ1) is 6.49. The van der Waals surface area contributed by atoms with Crippen LogP contribution in [0.25, 0.3) is 0 Å². The molecule has 0 aromatic carbocycles. The van der Waals surface area contributed by atoms with Crippen molar-refractivity contribution in [3.05, 3.63) is 0 Å². The lowest BCUT2D eigenvalue weighted by Crippen LogP contribution is -2.34. The highest BCUT2D eigenvalue weighted by molar-refractivity contribution is 5.75. The van der Waals surface area contributed by atoms with Gasteiger partial charge in [-0.1, -0.05) is 0 Å². The molecule has 0 aliphatic heterocycles. The molecule has 0 saturated carbocycles. The van der Waals surface area contributed by atoms with Crippen LogP contribution in [0.2, 0.25) is 0 Å². The Balaban J connectivity index is 4.08. The van der Waals surface area contributed by atoms with E-state index in [1.54, 1.807) is 0 Å². The number of rotatable bonds is 7. The number of halogens is 1. The second-order valence-electron chi connectivity index (χ2n) is 3.05. The highest BCUT2D eigenvalue weighted by Crippen LogP contribution is 2.13. The monoisotopic (exact) mass is 207 g/mol. The van der Waals surface area contributed by atoms with Crippen LogP contribution in [-0.2, 0) is 9.59 Å². The summed E-state index contributed by atoms with van der Waals surface area (Å²) in [7, 11) is 0. The minimum Gasteiger partial charge on any atom is -0.481 e. The van der Waals surface area contributed by atoms with E-state index >= 15 is 0 Å². The van der Waals surface area contributed by atoms with Gasteiger partial charge in [-0.2, -0.15) is 0 Å². The molecule has 2 atom stereocenters. The lowest BCUT2D eigenvalue weighted by atomic mass is 9.96. The molecule has 0 unspecified atom stereocenters. The van der Waals surface area contributed by atoms with Gasteiger partial charge in [-0.3, -0.25) is 14.0 Å². The SMILES string of the molecule is N[C@@H](C[C@@H](CCCF)C(=O)O)C(=O)O. The summed E-state index contributed by atoms with van der Waals surface area (Å²) in [6.07, 6.45) is 0.0702. The Morgan fingerprint density at radius 1 is 1.29 bits per heavy atom. The summed E-state index contributed by atoms with van der Waals surface area (Å²) in [5.41, 5.74) is 5.17. The fraction of sp³-hybridized carbons (Fsp3) is 0.750. The predicted molar refractivity (Wildman–Crippen MR) is 46.6 cm³/mol. The van der Waals surface area contributed by atoms with Gasteiger partial charge in [0.2, 0.25) is 0 Å². The van der Waals surface area contributed by atoms with Crippen LogP contribution in [0.3, 0.4) is 0 Å². The molecule has 14 heavy (non-hydrogen) atoms. The summed E-state index contributed by atoms with van der Waals surface area (Å²) in [5, 5.41) is 17.1. The maximum absolute atomic E-state index is 11.8. The van der Waals surface area contributed by atoms with Gasteiger partial charge in [-0.05, 0) is 19.3 Å². The van der Waals surface area contributed by atoms with Crippen molar-refractivity contribution in [2.24, 2.45) is 11.7 Å². The molecule has 0 saturated heterocycles. The van der Waals surface area contributed by atoms with Crippen molar-refractivity contribution in [1.82, 2.24) is 0 Å². The zero-order valence-corrected chi connectivity index (χ0v) is 7.65.